The molecule has 0 aliphatic carbocycles. The summed E-state index contributed by atoms with van der Waals surface area (Å²) in [5.41, 5.74) is 0.619. The van der Waals surface area contributed by atoms with E-state index in [4.69, 9.17) is 0 Å². The van der Waals surface area contributed by atoms with Gasteiger partial charge in [-0.2, -0.15) is 0 Å². The average Bonchev–Trinajstić information content (AvgIpc) is 2.55. The molecule has 1 atom stereocenters. The normalized spacial score (nSPS) is 20.3. The van der Waals surface area contributed by atoms with Crippen molar-refractivity contribution in [1.29, 1.82) is 0 Å². The molecule has 0 radical (unpaired) electrons. The van der Waals surface area contributed by atoms with Gasteiger partial charge in [0.05, 0.1) is 0 Å². The smallest absolute Gasteiger partial charge is 0.221 e. The van der Waals surface area contributed by atoms with E-state index in [9.17, 15) is 9.18 Å². The molecule has 1 aromatic carbocycles. The molecule has 0 saturated carbocycles. The van der Waals surface area contributed by atoms with Crippen molar-refractivity contribution in [2.45, 2.75) is 31.8 Å². The largest absolute Gasteiger partial charge is 0.356 e. The predicted molar refractivity (Wildman–Crippen MR) is 71.6 cm³/mol. The van der Waals surface area contributed by atoms with Crippen LogP contribution in [0.25, 0.3) is 0 Å². The molecule has 1 saturated heterocycles. The zero-order valence-electron chi connectivity index (χ0n) is 10.0. The van der Waals surface area contributed by atoms with Gasteiger partial charge in [0, 0.05) is 35.6 Å². The lowest BCUT2D eigenvalue weighted by Crippen LogP contribution is -2.32. The Hall–Kier alpha value is -0.940. The Morgan fingerprint density at radius 3 is 3.17 bits per heavy atom. The lowest BCUT2D eigenvalue weighted by atomic mass is 10.1. The SMILES string of the molecule is O=C1CC(NCc2cc(Br)ccc2F)CCCN1. The number of hydrogen-bond acceptors (Lipinski definition) is 2. The lowest BCUT2D eigenvalue weighted by molar-refractivity contribution is -0.121. The number of halogens is 2. The third kappa shape index (κ3) is 3.78. The fourth-order valence-corrected chi connectivity index (χ4v) is 2.49. The number of amides is 1. The Morgan fingerprint density at radius 1 is 1.50 bits per heavy atom. The van der Waals surface area contributed by atoms with Crippen LogP contribution in [0.5, 0.6) is 0 Å². The third-order valence-corrected chi connectivity index (χ3v) is 3.57. The minimum absolute atomic E-state index is 0.0692. The molecule has 1 amide bonds. The van der Waals surface area contributed by atoms with Crippen LogP contribution in [-0.2, 0) is 11.3 Å². The van der Waals surface area contributed by atoms with Gasteiger partial charge in [0.25, 0.3) is 0 Å². The lowest BCUT2D eigenvalue weighted by Gasteiger charge is -2.15. The summed E-state index contributed by atoms with van der Waals surface area (Å²) < 4.78 is 14.4. The number of benzene rings is 1. The fourth-order valence-electron chi connectivity index (χ4n) is 2.08. The molecule has 1 fully saturated rings. The quantitative estimate of drug-likeness (QED) is 0.899. The maximum absolute atomic E-state index is 13.5. The maximum atomic E-state index is 13.5. The first kappa shape index (κ1) is 13.5. The van der Waals surface area contributed by atoms with Gasteiger partial charge in [-0.15, -0.1) is 0 Å². The van der Waals surface area contributed by atoms with Gasteiger partial charge in [-0.05, 0) is 31.0 Å². The van der Waals surface area contributed by atoms with Crippen LogP contribution in [0.4, 0.5) is 4.39 Å². The van der Waals surface area contributed by atoms with E-state index in [1.54, 1.807) is 12.1 Å². The first-order chi connectivity index (χ1) is 8.65. The van der Waals surface area contributed by atoms with Gasteiger partial charge in [0.2, 0.25) is 5.91 Å². The molecule has 1 unspecified atom stereocenters. The van der Waals surface area contributed by atoms with Crippen LogP contribution in [0.1, 0.15) is 24.8 Å². The van der Waals surface area contributed by atoms with Gasteiger partial charge < -0.3 is 10.6 Å². The van der Waals surface area contributed by atoms with Crippen molar-refractivity contribution in [2.75, 3.05) is 6.54 Å². The zero-order chi connectivity index (χ0) is 13.0. The van der Waals surface area contributed by atoms with Gasteiger partial charge in [-0.3, -0.25) is 4.79 Å². The molecule has 2 rings (SSSR count). The second-order valence-electron chi connectivity index (χ2n) is 4.51. The summed E-state index contributed by atoms with van der Waals surface area (Å²) in [6.07, 6.45) is 2.37. The molecule has 0 spiro atoms. The average molecular weight is 315 g/mol. The summed E-state index contributed by atoms with van der Waals surface area (Å²) in [6.45, 7) is 1.19. The third-order valence-electron chi connectivity index (χ3n) is 3.07. The number of hydrogen-bond donors (Lipinski definition) is 2. The van der Waals surface area contributed by atoms with Crippen molar-refractivity contribution in [3.63, 3.8) is 0 Å². The molecule has 18 heavy (non-hydrogen) atoms. The van der Waals surface area contributed by atoms with Gasteiger partial charge >= 0.3 is 0 Å². The highest BCUT2D eigenvalue weighted by Crippen LogP contribution is 2.16. The molecule has 98 valence electrons. The Balaban J connectivity index is 1.93. The standard InChI is InChI=1S/C13H16BrFN2O/c14-10-3-4-12(15)9(6-10)8-17-11-2-1-5-16-13(18)7-11/h3-4,6,11,17H,1-2,5,7-8H2,(H,16,18). The number of rotatable bonds is 3. The predicted octanol–water partition coefficient (Wildman–Crippen LogP) is 2.35. The first-order valence-corrected chi connectivity index (χ1v) is 6.88. The van der Waals surface area contributed by atoms with Crippen molar-refractivity contribution in [2.24, 2.45) is 0 Å². The van der Waals surface area contributed by atoms with E-state index in [1.165, 1.54) is 6.07 Å². The topological polar surface area (TPSA) is 41.1 Å². The number of nitrogens with one attached hydrogen (secondary N) is 2. The van der Waals surface area contributed by atoms with Crippen LogP contribution < -0.4 is 10.6 Å². The van der Waals surface area contributed by atoms with Crippen LogP contribution in [0, 0.1) is 5.82 Å². The molecule has 1 heterocycles. The van der Waals surface area contributed by atoms with Crippen LogP contribution >= 0.6 is 15.9 Å². The van der Waals surface area contributed by atoms with Crippen molar-refractivity contribution in [1.82, 2.24) is 10.6 Å². The molecular formula is C13H16BrFN2O. The molecule has 2 N–H and O–H groups in total. The second-order valence-corrected chi connectivity index (χ2v) is 5.43. The second kappa shape index (κ2) is 6.29. The molecule has 1 aliphatic rings. The molecule has 5 heteroatoms. The highest BCUT2D eigenvalue weighted by atomic mass is 79.9. The van der Waals surface area contributed by atoms with Gasteiger partial charge in [0.1, 0.15) is 5.82 Å². The molecular weight excluding hydrogens is 299 g/mol. The minimum Gasteiger partial charge on any atom is -0.356 e. The fraction of sp³-hybridized carbons (Fsp3) is 0.462. The summed E-state index contributed by atoms with van der Waals surface area (Å²) >= 11 is 3.33. The maximum Gasteiger partial charge on any atom is 0.221 e. The summed E-state index contributed by atoms with van der Waals surface area (Å²) in [5.74, 6) is -0.150. The van der Waals surface area contributed by atoms with E-state index in [1.807, 2.05) is 0 Å². The molecule has 0 bridgehead atoms. The van der Waals surface area contributed by atoms with Crippen molar-refractivity contribution < 1.29 is 9.18 Å². The van der Waals surface area contributed by atoms with Crippen LogP contribution in [-0.4, -0.2) is 18.5 Å². The minimum atomic E-state index is -0.219. The van der Waals surface area contributed by atoms with Crippen molar-refractivity contribution in [3.05, 3.63) is 34.1 Å². The van der Waals surface area contributed by atoms with Gasteiger partial charge in [-0.1, -0.05) is 15.9 Å². The summed E-state index contributed by atoms with van der Waals surface area (Å²) in [4.78, 5) is 11.4. The molecule has 0 aromatic heterocycles. The van der Waals surface area contributed by atoms with E-state index in [0.29, 0.717) is 18.5 Å². The Kier molecular flexibility index (Phi) is 4.72. The van der Waals surface area contributed by atoms with E-state index in [-0.39, 0.29) is 17.8 Å². The summed E-state index contributed by atoms with van der Waals surface area (Å²) in [7, 11) is 0. The Bertz CT molecular complexity index is 439. The zero-order valence-corrected chi connectivity index (χ0v) is 11.6. The first-order valence-electron chi connectivity index (χ1n) is 6.09. The van der Waals surface area contributed by atoms with Crippen molar-refractivity contribution >= 4 is 21.8 Å². The molecule has 1 aliphatic heterocycles. The Labute approximate surface area is 114 Å². The monoisotopic (exact) mass is 314 g/mol. The van der Waals surface area contributed by atoms with Crippen LogP contribution in [0.15, 0.2) is 22.7 Å². The van der Waals surface area contributed by atoms with Crippen LogP contribution in [0.3, 0.4) is 0 Å². The number of carbonyl (C=O) groups excluding carboxylic acids is 1. The number of carbonyl (C=O) groups is 1. The highest BCUT2D eigenvalue weighted by molar-refractivity contribution is 9.10. The van der Waals surface area contributed by atoms with E-state index in [0.717, 1.165) is 23.9 Å². The van der Waals surface area contributed by atoms with Gasteiger partial charge in [-0.25, -0.2) is 4.39 Å². The van der Waals surface area contributed by atoms with Gasteiger partial charge in [0.15, 0.2) is 0 Å². The van der Waals surface area contributed by atoms with Crippen molar-refractivity contribution in [3.8, 4) is 0 Å². The highest BCUT2D eigenvalue weighted by Gasteiger charge is 2.17. The molecule has 3 nitrogen and oxygen atoms in total. The molecule has 1 aromatic rings. The van der Waals surface area contributed by atoms with Crippen LogP contribution in [0.2, 0.25) is 0 Å². The van der Waals surface area contributed by atoms with E-state index < -0.39 is 0 Å². The summed E-state index contributed by atoms with van der Waals surface area (Å²) in [5, 5.41) is 6.09. The van der Waals surface area contributed by atoms with E-state index >= 15 is 0 Å². The summed E-state index contributed by atoms with van der Waals surface area (Å²) in [6, 6.07) is 5.02. The van der Waals surface area contributed by atoms with E-state index in [2.05, 4.69) is 26.6 Å². The Morgan fingerprint density at radius 2 is 2.33 bits per heavy atom.